The molecular formula is C16H11BrN4O5. The van der Waals surface area contributed by atoms with Gasteiger partial charge >= 0.3 is 0 Å². The number of rotatable bonds is 4. The Hall–Kier alpha value is -3.14. The number of imide groups is 1. The number of halogens is 1. The standard InChI is InChI=1S/C16H11BrN4O5/c1-8(14(22)19-12-6-5-9(17)7-18-12)20-15(23)10-3-2-4-11(21(25)26)13(10)16(20)24/h2-8H,1H3,(H,18,19,22). The Labute approximate surface area is 155 Å². The van der Waals surface area contributed by atoms with Gasteiger partial charge in [0.15, 0.2) is 0 Å². The highest BCUT2D eigenvalue weighted by Gasteiger charge is 2.44. The van der Waals surface area contributed by atoms with Gasteiger partial charge in [-0.15, -0.1) is 0 Å². The Morgan fingerprint density at radius 3 is 2.62 bits per heavy atom. The number of aromatic nitrogens is 1. The molecule has 1 aliphatic heterocycles. The van der Waals surface area contributed by atoms with Crippen LogP contribution in [0.5, 0.6) is 0 Å². The van der Waals surface area contributed by atoms with Crippen molar-refractivity contribution >= 4 is 45.2 Å². The molecule has 0 fully saturated rings. The Morgan fingerprint density at radius 2 is 2.00 bits per heavy atom. The third-order valence-corrected chi connectivity index (χ3v) is 4.34. The highest BCUT2D eigenvalue weighted by atomic mass is 79.9. The van der Waals surface area contributed by atoms with Crippen molar-refractivity contribution in [2.24, 2.45) is 0 Å². The molecule has 2 heterocycles. The van der Waals surface area contributed by atoms with Crippen molar-refractivity contribution in [2.45, 2.75) is 13.0 Å². The molecular weight excluding hydrogens is 408 g/mol. The predicted octanol–water partition coefficient (Wildman–Crippen LogP) is 2.38. The number of fused-ring (bicyclic) bond motifs is 1. The molecule has 0 bridgehead atoms. The van der Waals surface area contributed by atoms with E-state index in [1.807, 2.05) is 0 Å². The zero-order chi connectivity index (χ0) is 19.0. The van der Waals surface area contributed by atoms with Gasteiger partial charge in [-0.2, -0.15) is 0 Å². The Kier molecular flexibility index (Phi) is 4.51. The summed E-state index contributed by atoms with van der Waals surface area (Å²) in [6, 6.07) is 5.82. The average molecular weight is 419 g/mol. The van der Waals surface area contributed by atoms with Gasteiger partial charge in [-0.05, 0) is 41.1 Å². The van der Waals surface area contributed by atoms with Gasteiger partial charge in [0.2, 0.25) is 5.91 Å². The van der Waals surface area contributed by atoms with Crippen molar-refractivity contribution in [3.8, 4) is 0 Å². The van der Waals surface area contributed by atoms with Gasteiger partial charge in [-0.3, -0.25) is 29.4 Å². The second-order valence-corrected chi connectivity index (χ2v) is 6.38. The lowest BCUT2D eigenvalue weighted by atomic mass is 10.1. The molecule has 3 rings (SSSR count). The molecule has 0 spiro atoms. The van der Waals surface area contributed by atoms with Crippen LogP contribution in [-0.2, 0) is 4.79 Å². The van der Waals surface area contributed by atoms with Crippen molar-refractivity contribution in [1.82, 2.24) is 9.88 Å². The number of carbonyl (C=O) groups excluding carboxylic acids is 3. The molecule has 1 aromatic heterocycles. The molecule has 132 valence electrons. The molecule has 0 saturated heterocycles. The van der Waals surface area contributed by atoms with E-state index in [0.717, 1.165) is 10.5 Å². The van der Waals surface area contributed by atoms with Crippen LogP contribution in [0, 0.1) is 10.1 Å². The summed E-state index contributed by atoms with van der Waals surface area (Å²) in [5.74, 6) is -2.02. The lowest BCUT2D eigenvalue weighted by Gasteiger charge is -2.21. The number of hydrogen-bond donors (Lipinski definition) is 1. The number of amides is 3. The lowest BCUT2D eigenvalue weighted by molar-refractivity contribution is -0.385. The van der Waals surface area contributed by atoms with E-state index < -0.39 is 34.4 Å². The van der Waals surface area contributed by atoms with Crippen LogP contribution in [0.25, 0.3) is 0 Å². The van der Waals surface area contributed by atoms with E-state index >= 15 is 0 Å². The summed E-state index contributed by atoms with van der Waals surface area (Å²) >= 11 is 3.22. The van der Waals surface area contributed by atoms with E-state index in [2.05, 4.69) is 26.2 Å². The number of pyridine rings is 1. The molecule has 0 saturated carbocycles. The first-order valence-electron chi connectivity index (χ1n) is 7.39. The number of carbonyl (C=O) groups is 3. The summed E-state index contributed by atoms with van der Waals surface area (Å²) < 4.78 is 0.719. The molecule has 0 radical (unpaired) electrons. The minimum Gasteiger partial charge on any atom is -0.309 e. The fourth-order valence-corrected chi connectivity index (χ4v) is 2.82. The van der Waals surface area contributed by atoms with E-state index in [4.69, 9.17) is 0 Å². The second-order valence-electron chi connectivity index (χ2n) is 5.46. The number of nitro groups is 1. The minimum atomic E-state index is -1.17. The second kappa shape index (κ2) is 6.64. The third-order valence-electron chi connectivity index (χ3n) is 3.87. The molecule has 1 N–H and O–H groups in total. The quantitative estimate of drug-likeness (QED) is 0.461. The minimum absolute atomic E-state index is 0.0920. The van der Waals surface area contributed by atoms with Crippen LogP contribution in [0.3, 0.4) is 0 Å². The van der Waals surface area contributed by atoms with E-state index in [1.165, 1.54) is 25.3 Å². The smallest absolute Gasteiger partial charge is 0.282 e. The molecule has 1 atom stereocenters. The maximum absolute atomic E-state index is 12.6. The highest BCUT2D eigenvalue weighted by molar-refractivity contribution is 9.10. The Balaban J connectivity index is 1.87. The van der Waals surface area contributed by atoms with Gasteiger partial charge in [0.25, 0.3) is 17.5 Å². The van der Waals surface area contributed by atoms with Gasteiger partial charge < -0.3 is 5.32 Å². The number of nitrogens with zero attached hydrogens (tertiary/aromatic N) is 3. The van der Waals surface area contributed by atoms with Crippen LogP contribution in [-0.4, -0.2) is 38.6 Å². The Morgan fingerprint density at radius 1 is 1.27 bits per heavy atom. The fourth-order valence-electron chi connectivity index (χ4n) is 2.59. The third kappa shape index (κ3) is 2.94. The molecule has 10 heteroatoms. The summed E-state index contributed by atoms with van der Waals surface area (Å²) in [6.07, 6.45) is 1.48. The zero-order valence-electron chi connectivity index (χ0n) is 13.3. The van der Waals surface area contributed by atoms with Gasteiger partial charge in [-0.25, -0.2) is 4.98 Å². The predicted molar refractivity (Wildman–Crippen MR) is 93.6 cm³/mol. The monoisotopic (exact) mass is 418 g/mol. The van der Waals surface area contributed by atoms with Gasteiger partial charge in [0.05, 0.1) is 10.5 Å². The van der Waals surface area contributed by atoms with E-state index in [0.29, 0.717) is 4.90 Å². The van der Waals surface area contributed by atoms with E-state index in [1.54, 1.807) is 12.1 Å². The molecule has 1 unspecified atom stereocenters. The van der Waals surface area contributed by atoms with Crippen molar-refractivity contribution in [2.75, 3.05) is 5.32 Å². The molecule has 26 heavy (non-hydrogen) atoms. The number of hydrogen-bond acceptors (Lipinski definition) is 6. The maximum atomic E-state index is 12.6. The maximum Gasteiger partial charge on any atom is 0.282 e. The van der Waals surface area contributed by atoms with Crippen molar-refractivity contribution < 1.29 is 19.3 Å². The van der Waals surface area contributed by atoms with Gasteiger partial charge in [0.1, 0.15) is 17.4 Å². The zero-order valence-corrected chi connectivity index (χ0v) is 14.9. The SMILES string of the molecule is CC(C(=O)Nc1ccc(Br)cn1)N1C(=O)c2cccc([N+](=O)[O-])c2C1=O. The first-order valence-corrected chi connectivity index (χ1v) is 8.18. The number of nitrogens with one attached hydrogen (secondary N) is 1. The van der Waals surface area contributed by atoms with Crippen molar-refractivity contribution in [3.63, 3.8) is 0 Å². The van der Waals surface area contributed by atoms with Crippen molar-refractivity contribution in [3.05, 3.63) is 62.2 Å². The number of anilines is 1. The summed E-state index contributed by atoms with van der Waals surface area (Å²) in [5, 5.41) is 13.6. The number of benzene rings is 1. The van der Waals surface area contributed by atoms with Crippen LogP contribution in [0.15, 0.2) is 41.0 Å². The van der Waals surface area contributed by atoms with E-state index in [-0.39, 0.29) is 16.9 Å². The van der Waals surface area contributed by atoms with Crippen LogP contribution in [0.4, 0.5) is 11.5 Å². The first-order chi connectivity index (χ1) is 12.3. The van der Waals surface area contributed by atoms with Crippen LogP contribution in [0.2, 0.25) is 0 Å². The Bertz CT molecular complexity index is 944. The lowest BCUT2D eigenvalue weighted by Crippen LogP contribution is -2.45. The van der Waals surface area contributed by atoms with Crippen LogP contribution < -0.4 is 5.32 Å². The summed E-state index contributed by atoms with van der Waals surface area (Å²) in [4.78, 5) is 52.6. The number of nitro benzene ring substituents is 1. The van der Waals surface area contributed by atoms with Crippen LogP contribution >= 0.6 is 15.9 Å². The van der Waals surface area contributed by atoms with Gasteiger partial charge in [-0.1, -0.05) is 6.07 Å². The highest BCUT2D eigenvalue weighted by Crippen LogP contribution is 2.32. The molecule has 0 aliphatic carbocycles. The average Bonchev–Trinajstić information content (AvgIpc) is 2.87. The summed E-state index contributed by atoms with van der Waals surface area (Å²) in [5.41, 5.74) is -0.861. The molecule has 1 aliphatic rings. The van der Waals surface area contributed by atoms with Crippen molar-refractivity contribution in [1.29, 1.82) is 0 Å². The molecule has 1 aromatic carbocycles. The molecule has 2 aromatic rings. The fraction of sp³-hybridized carbons (Fsp3) is 0.125. The first kappa shape index (κ1) is 17.7. The van der Waals surface area contributed by atoms with Gasteiger partial charge in [0, 0.05) is 16.7 Å². The summed E-state index contributed by atoms with van der Waals surface area (Å²) in [6.45, 7) is 1.36. The van der Waals surface area contributed by atoms with E-state index in [9.17, 15) is 24.5 Å². The molecule has 9 nitrogen and oxygen atoms in total. The summed E-state index contributed by atoms with van der Waals surface area (Å²) in [7, 11) is 0. The van der Waals surface area contributed by atoms with Crippen LogP contribution in [0.1, 0.15) is 27.6 Å². The largest absolute Gasteiger partial charge is 0.309 e. The normalized spacial score (nSPS) is 14.2. The molecule has 3 amide bonds. The topological polar surface area (TPSA) is 123 Å².